The van der Waals surface area contributed by atoms with E-state index in [4.69, 9.17) is 5.11 Å². The molecule has 0 aliphatic carbocycles. The fourth-order valence-electron chi connectivity index (χ4n) is 1.40. The first kappa shape index (κ1) is 11.0. The lowest BCUT2D eigenvalue weighted by molar-refractivity contribution is -0.131. The van der Waals surface area contributed by atoms with Crippen LogP contribution in [0.15, 0.2) is 12.3 Å². The first-order valence-corrected chi connectivity index (χ1v) is 6.06. The molecule has 0 saturated carbocycles. The zero-order valence-electron chi connectivity index (χ0n) is 7.88. The zero-order valence-corrected chi connectivity index (χ0v) is 8.70. The molecule has 1 fully saturated rings. The summed E-state index contributed by atoms with van der Waals surface area (Å²) < 4.78 is 22.2. The number of hydrogen-bond acceptors (Lipinski definition) is 4. The number of carboxylic acids is 1. The van der Waals surface area contributed by atoms with Gasteiger partial charge in [-0.1, -0.05) is 0 Å². The SMILES string of the molecule is CN(/C=C/C(=O)O)C1CCS(=O)(=O)C1. The van der Waals surface area contributed by atoms with Crippen LogP contribution in [0.5, 0.6) is 0 Å². The largest absolute Gasteiger partial charge is 0.478 e. The van der Waals surface area contributed by atoms with Gasteiger partial charge >= 0.3 is 5.97 Å². The van der Waals surface area contributed by atoms with Gasteiger partial charge in [0.2, 0.25) is 0 Å². The van der Waals surface area contributed by atoms with Crippen molar-refractivity contribution in [3.63, 3.8) is 0 Å². The Balaban J connectivity index is 2.56. The van der Waals surface area contributed by atoms with Crippen molar-refractivity contribution in [1.29, 1.82) is 0 Å². The predicted octanol–water partition coefficient (Wildman–Crippen LogP) is -0.296. The number of rotatable bonds is 3. The Hall–Kier alpha value is -1.04. The Morgan fingerprint density at radius 3 is 2.64 bits per heavy atom. The highest BCUT2D eigenvalue weighted by atomic mass is 32.2. The van der Waals surface area contributed by atoms with Crippen molar-refractivity contribution in [2.24, 2.45) is 0 Å². The molecule has 0 bridgehead atoms. The molecule has 80 valence electrons. The summed E-state index contributed by atoms with van der Waals surface area (Å²) in [6.07, 6.45) is 2.97. The van der Waals surface area contributed by atoms with E-state index in [1.54, 1.807) is 11.9 Å². The van der Waals surface area contributed by atoms with Gasteiger partial charge in [0.25, 0.3) is 0 Å². The van der Waals surface area contributed by atoms with Crippen molar-refractivity contribution in [2.75, 3.05) is 18.6 Å². The molecule has 1 N–H and O–H groups in total. The molecule has 1 rings (SSSR count). The van der Waals surface area contributed by atoms with Crippen molar-refractivity contribution in [3.05, 3.63) is 12.3 Å². The number of carbonyl (C=O) groups is 1. The van der Waals surface area contributed by atoms with Crippen LogP contribution >= 0.6 is 0 Å². The van der Waals surface area contributed by atoms with E-state index in [0.29, 0.717) is 6.42 Å². The first-order valence-electron chi connectivity index (χ1n) is 4.24. The molecule has 1 aliphatic rings. The molecule has 0 spiro atoms. The van der Waals surface area contributed by atoms with E-state index in [1.165, 1.54) is 6.20 Å². The van der Waals surface area contributed by atoms with E-state index < -0.39 is 15.8 Å². The quantitative estimate of drug-likeness (QED) is 0.660. The van der Waals surface area contributed by atoms with Crippen LogP contribution in [0.25, 0.3) is 0 Å². The van der Waals surface area contributed by atoms with Crippen molar-refractivity contribution in [3.8, 4) is 0 Å². The minimum atomic E-state index is -2.90. The van der Waals surface area contributed by atoms with Gasteiger partial charge in [-0.3, -0.25) is 0 Å². The lowest BCUT2D eigenvalue weighted by Gasteiger charge is -2.20. The summed E-state index contributed by atoms with van der Waals surface area (Å²) in [4.78, 5) is 11.9. The molecule has 1 saturated heterocycles. The molecule has 14 heavy (non-hydrogen) atoms. The molecule has 0 radical (unpaired) electrons. The minimum absolute atomic E-state index is 0.0874. The third-order valence-electron chi connectivity index (χ3n) is 2.24. The van der Waals surface area contributed by atoms with E-state index in [1.807, 2.05) is 0 Å². The summed E-state index contributed by atoms with van der Waals surface area (Å²) >= 11 is 0. The topological polar surface area (TPSA) is 74.7 Å². The Labute approximate surface area is 82.9 Å². The van der Waals surface area contributed by atoms with Crippen molar-refractivity contribution in [1.82, 2.24) is 4.90 Å². The second-order valence-electron chi connectivity index (χ2n) is 3.38. The summed E-state index contributed by atoms with van der Waals surface area (Å²) in [7, 11) is -1.22. The van der Waals surface area contributed by atoms with Gasteiger partial charge < -0.3 is 10.0 Å². The third-order valence-corrected chi connectivity index (χ3v) is 3.99. The summed E-state index contributed by atoms with van der Waals surface area (Å²) in [5, 5.41) is 8.38. The van der Waals surface area contributed by atoms with E-state index >= 15 is 0 Å². The number of aliphatic carboxylic acids is 1. The van der Waals surface area contributed by atoms with Gasteiger partial charge in [-0.05, 0) is 6.42 Å². The van der Waals surface area contributed by atoms with Gasteiger partial charge in [-0.25, -0.2) is 13.2 Å². The molecule has 0 aromatic carbocycles. The maximum absolute atomic E-state index is 11.1. The number of nitrogens with zero attached hydrogens (tertiary/aromatic N) is 1. The summed E-state index contributed by atoms with van der Waals surface area (Å²) in [6, 6.07) is -0.0874. The summed E-state index contributed by atoms with van der Waals surface area (Å²) in [5.74, 6) is -0.714. The second kappa shape index (κ2) is 4.00. The summed E-state index contributed by atoms with van der Waals surface area (Å²) in [5.41, 5.74) is 0. The molecule has 1 atom stereocenters. The van der Waals surface area contributed by atoms with Crippen LogP contribution in [0, 0.1) is 0 Å². The maximum atomic E-state index is 11.1. The molecule has 1 unspecified atom stereocenters. The Bertz CT molecular complexity index is 346. The van der Waals surface area contributed by atoms with Crippen LogP contribution < -0.4 is 0 Å². The predicted molar refractivity (Wildman–Crippen MR) is 51.6 cm³/mol. The standard InChI is InChI=1S/C8H13NO4S/c1-9(4-2-8(10)11)7-3-5-14(12,13)6-7/h2,4,7H,3,5-6H2,1H3,(H,10,11)/b4-2+. The molecule has 0 aromatic rings. The Kier molecular flexibility index (Phi) is 3.15. The smallest absolute Gasteiger partial charge is 0.329 e. The molecule has 5 nitrogen and oxygen atoms in total. The molecule has 6 heteroatoms. The van der Waals surface area contributed by atoms with Gasteiger partial charge in [0.1, 0.15) is 0 Å². The van der Waals surface area contributed by atoms with Crippen LogP contribution in [-0.2, 0) is 14.6 Å². The second-order valence-corrected chi connectivity index (χ2v) is 5.61. The molecular formula is C8H13NO4S. The third kappa shape index (κ3) is 3.02. The van der Waals surface area contributed by atoms with Crippen LogP contribution in [0.1, 0.15) is 6.42 Å². The highest BCUT2D eigenvalue weighted by Gasteiger charge is 2.29. The number of sulfone groups is 1. The van der Waals surface area contributed by atoms with Crippen LogP contribution in [0.4, 0.5) is 0 Å². The van der Waals surface area contributed by atoms with Gasteiger partial charge in [-0.15, -0.1) is 0 Å². The monoisotopic (exact) mass is 219 g/mol. The molecule has 0 aromatic heterocycles. The molecule has 1 heterocycles. The number of hydrogen-bond donors (Lipinski definition) is 1. The van der Waals surface area contributed by atoms with E-state index in [9.17, 15) is 13.2 Å². The molecular weight excluding hydrogens is 206 g/mol. The first-order chi connectivity index (χ1) is 6.41. The average Bonchev–Trinajstić information content (AvgIpc) is 2.41. The van der Waals surface area contributed by atoms with Gasteiger partial charge in [0.05, 0.1) is 11.5 Å². The normalized spacial score (nSPS) is 25.4. The van der Waals surface area contributed by atoms with Crippen molar-refractivity contribution in [2.45, 2.75) is 12.5 Å². The molecule has 0 amide bonds. The Morgan fingerprint density at radius 1 is 1.57 bits per heavy atom. The van der Waals surface area contributed by atoms with E-state index in [2.05, 4.69) is 0 Å². The van der Waals surface area contributed by atoms with Crippen molar-refractivity contribution >= 4 is 15.8 Å². The van der Waals surface area contributed by atoms with Gasteiger partial charge in [0.15, 0.2) is 9.84 Å². The highest BCUT2D eigenvalue weighted by Crippen LogP contribution is 2.16. The van der Waals surface area contributed by atoms with Crippen LogP contribution in [0.3, 0.4) is 0 Å². The fraction of sp³-hybridized carbons (Fsp3) is 0.625. The lowest BCUT2D eigenvalue weighted by atomic mass is 10.2. The van der Waals surface area contributed by atoms with Crippen molar-refractivity contribution < 1.29 is 18.3 Å². The van der Waals surface area contributed by atoms with E-state index in [-0.39, 0.29) is 17.5 Å². The van der Waals surface area contributed by atoms with Gasteiger partial charge in [-0.2, -0.15) is 0 Å². The minimum Gasteiger partial charge on any atom is -0.478 e. The molecule has 1 aliphatic heterocycles. The van der Waals surface area contributed by atoms with Crippen LogP contribution in [-0.4, -0.2) is 49.0 Å². The van der Waals surface area contributed by atoms with Crippen LogP contribution in [0.2, 0.25) is 0 Å². The van der Waals surface area contributed by atoms with Gasteiger partial charge in [0, 0.05) is 25.4 Å². The van der Waals surface area contributed by atoms with E-state index in [0.717, 1.165) is 6.08 Å². The fourth-order valence-corrected chi connectivity index (χ4v) is 3.19. The maximum Gasteiger partial charge on any atom is 0.329 e. The average molecular weight is 219 g/mol. The zero-order chi connectivity index (χ0) is 10.8. The summed E-state index contributed by atoms with van der Waals surface area (Å²) in [6.45, 7) is 0. The Morgan fingerprint density at radius 2 is 2.21 bits per heavy atom. The highest BCUT2D eigenvalue weighted by molar-refractivity contribution is 7.91. The number of carboxylic acid groups (broad SMARTS) is 1. The lowest BCUT2D eigenvalue weighted by Crippen LogP contribution is -2.28.